The lowest BCUT2D eigenvalue weighted by atomic mass is 9.89. The molecule has 0 aliphatic heterocycles. The van der Waals surface area contributed by atoms with E-state index >= 15 is 0 Å². The van der Waals surface area contributed by atoms with Gasteiger partial charge in [0.2, 0.25) is 0 Å². The van der Waals surface area contributed by atoms with E-state index in [-0.39, 0.29) is 12.2 Å². The minimum absolute atomic E-state index is 0.0644. The highest BCUT2D eigenvalue weighted by atomic mass is 16.3. The van der Waals surface area contributed by atoms with Gasteiger partial charge in [0.15, 0.2) is 0 Å². The highest BCUT2D eigenvalue weighted by Crippen LogP contribution is 2.19. The van der Waals surface area contributed by atoms with Crippen LogP contribution in [-0.4, -0.2) is 39.5 Å². The molecule has 0 bridgehead atoms. The van der Waals surface area contributed by atoms with Crippen LogP contribution in [0.5, 0.6) is 0 Å². The van der Waals surface area contributed by atoms with Crippen LogP contribution in [0.1, 0.15) is 117 Å². The van der Waals surface area contributed by atoms with Crippen molar-refractivity contribution < 1.29 is 20.1 Å². The zero-order valence-electron chi connectivity index (χ0n) is 18.5. The molecule has 0 fully saturated rings. The first-order valence-electron chi connectivity index (χ1n) is 11.8. The molecular weight excluding hydrogens is 354 g/mol. The summed E-state index contributed by atoms with van der Waals surface area (Å²) >= 11 is 0. The second kappa shape index (κ2) is 18.5. The summed E-state index contributed by atoms with van der Waals surface area (Å²) in [6.07, 6.45) is 14.1. The summed E-state index contributed by atoms with van der Waals surface area (Å²) in [6.45, 7) is 4.04. The first kappa shape index (κ1) is 27.5. The van der Waals surface area contributed by atoms with Crippen LogP contribution in [0.2, 0.25) is 0 Å². The van der Waals surface area contributed by atoms with Crippen molar-refractivity contribution in [2.75, 3.05) is 0 Å². The maximum Gasteiger partial charge on any atom is 0.145 e. The van der Waals surface area contributed by atoms with Crippen LogP contribution >= 0.6 is 0 Å². The molecule has 4 atom stereocenters. The maximum atomic E-state index is 12.2. The zero-order chi connectivity index (χ0) is 21.2. The molecule has 0 aliphatic rings. The van der Waals surface area contributed by atoms with Gasteiger partial charge >= 0.3 is 0 Å². The molecule has 0 radical (unpaired) electrons. The summed E-state index contributed by atoms with van der Waals surface area (Å²) in [5, 5.41) is 29.5. The summed E-state index contributed by atoms with van der Waals surface area (Å²) < 4.78 is 0. The standard InChI is InChI=1S/C23H47NO4/c1-3-5-6-7-8-9-10-11-12-13-14-15-16-17-20(26)22(23(24)28)21(27)18-19(25)4-2/h19-20,22-23,25-26,28H,3-18,24H2,1-2H3. The predicted octanol–water partition coefficient (Wildman–Crippen LogP) is 4.45. The fraction of sp³-hybridized carbons (Fsp3) is 0.957. The van der Waals surface area contributed by atoms with Crippen molar-refractivity contribution in [1.82, 2.24) is 0 Å². The Morgan fingerprint density at radius 3 is 1.57 bits per heavy atom. The number of rotatable bonds is 20. The number of carbonyl (C=O) groups is 1. The molecule has 0 aromatic rings. The number of hydrogen-bond acceptors (Lipinski definition) is 5. The Morgan fingerprint density at radius 1 is 0.750 bits per heavy atom. The Kier molecular flexibility index (Phi) is 18.2. The van der Waals surface area contributed by atoms with Gasteiger partial charge in [-0.05, 0) is 12.8 Å². The maximum absolute atomic E-state index is 12.2. The van der Waals surface area contributed by atoms with Crippen molar-refractivity contribution in [1.29, 1.82) is 0 Å². The molecule has 5 N–H and O–H groups in total. The van der Waals surface area contributed by atoms with Crippen molar-refractivity contribution in [2.45, 2.75) is 135 Å². The van der Waals surface area contributed by atoms with Crippen LogP contribution in [-0.2, 0) is 4.79 Å². The number of aliphatic hydroxyl groups excluding tert-OH is 3. The van der Waals surface area contributed by atoms with Crippen molar-refractivity contribution in [3.05, 3.63) is 0 Å². The van der Waals surface area contributed by atoms with Gasteiger partial charge in [-0.3, -0.25) is 4.79 Å². The topological polar surface area (TPSA) is 104 Å². The van der Waals surface area contributed by atoms with Gasteiger partial charge in [0, 0.05) is 6.42 Å². The Labute approximate surface area is 173 Å². The zero-order valence-corrected chi connectivity index (χ0v) is 18.5. The average molecular weight is 402 g/mol. The first-order valence-corrected chi connectivity index (χ1v) is 11.8. The molecular formula is C23H47NO4. The Balaban J connectivity index is 3.73. The van der Waals surface area contributed by atoms with Gasteiger partial charge in [-0.15, -0.1) is 0 Å². The Hall–Kier alpha value is -0.490. The lowest BCUT2D eigenvalue weighted by molar-refractivity contribution is -0.133. The highest BCUT2D eigenvalue weighted by molar-refractivity contribution is 5.82. The predicted molar refractivity (Wildman–Crippen MR) is 116 cm³/mol. The lowest BCUT2D eigenvalue weighted by Crippen LogP contribution is -2.44. The highest BCUT2D eigenvalue weighted by Gasteiger charge is 2.31. The third kappa shape index (κ3) is 14.5. The van der Waals surface area contributed by atoms with E-state index < -0.39 is 24.4 Å². The lowest BCUT2D eigenvalue weighted by Gasteiger charge is -2.25. The molecule has 0 aromatic heterocycles. The molecule has 168 valence electrons. The van der Waals surface area contributed by atoms with Crippen molar-refractivity contribution in [2.24, 2.45) is 11.7 Å². The number of carbonyl (C=O) groups excluding carboxylic acids is 1. The van der Waals surface area contributed by atoms with Crippen molar-refractivity contribution >= 4 is 5.78 Å². The molecule has 5 nitrogen and oxygen atoms in total. The summed E-state index contributed by atoms with van der Waals surface area (Å²) in [4.78, 5) is 12.2. The number of ketones is 1. The molecule has 0 spiro atoms. The van der Waals surface area contributed by atoms with Gasteiger partial charge in [-0.25, -0.2) is 0 Å². The van der Waals surface area contributed by atoms with E-state index in [1.165, 1.54) is 64.2 Å². The number of aliphatic hydroxyl groups is 3. The van der Waals surface area contributed by atoms with E-state index in [0.29, 0.717) is 12.8 Å². The molecule has 0 amide bonds. The molecule has 0 heterocycles. The summed E-state index contributed by atoms with van der Waals surface area (Å²) in [7, 11) is 0. The van der Waals surface area contributed by atoms with E-state index in [1.54, 1.807) is 6.92 Å². The van der Waals surface area contributed by atoms with E-state index in [2.05, 4.69) is 6.92 Å². The smallest absolute Gasteiger partial charge is 0.145 e. The molecule has 28 heavy (non-hydrogen) atoms. The monoisotopic (exact) mass is 401 g/mol. The molecule has 0 saturated heterocycles. The average Bonchev–Trinajstić information content (AvgIpc) is 2.65. The van der Waals surface area contributed by atoms with Gasteiger partial charge in [-0.1, -0.05) is 97.3 Å². The summed E-state index contributed by atoms with van der Waals surface area (Å²) in [6, 6.07) is 0. The summed E-state index contributed by atoms with van der Waals surface area (Å²) in [5.74, 6) is -1.36. The molecule has 0 aromatic carbocycles. The first-order chi connectivity index (χ1) is 13.4. The SMILES string of the molecule is CCCCCCCCCCCCCCCC(O)C(C(=O)CC(O)CC)C(N)O. The van der Waals surface area contributed by atoms with E-state index in [4.69, 9.17) is 5.73 Å². The van der Waals surface area contributed by atoms with Gasteiger partial charge < -0.3 is 21.1 Å². The van der Waals surface area contributed by atoms with Crippen molar-refractivity contribution in [3.8, 4) is 0 Å². The van der Waals surface area contributed by atoms with Gasteiger partial charge in [0.1, 0.15) is 12.0 Å². The number of nitrogens with two attached hydrogens (primary N) is 1. The van der Waals surface area contributed by atoms with E-state index in [0.717, 1.165) is 19.3 Å². The molecule has 4 unspecified atom stereocenters. The van der Waals surface area contributed by atoms with E-state index in [1.807, 2.05) is 0 Å². The quantitative estimate of drug-likeness (QED) is 0.178. The third-order valence-corrected chi connectivity index (χ3v) is 5.67. The normalized spacial score (nSPS) is 15.9. The van der Waals surface area contributed by atoms with Gasteiger partial charge in [0.25, 0.3) is 0 Å². The molecule has 0 rings (SSSR count). The van der Waals surface area contributed by atoms with Crippen LogP contribution in [0.4, 0.5) is 0 Å². The molecule has 0 aliphatic carbocycles. The summed E-state index contributed by atoms with van der Waals surface area (Å²) in [5.41, 5.74) is 5.49. The second-order valence-corrected chi connectivity index (χ2v) is 8.35. The van der Waals surface area contributed by atoms with Crippen LogP contribution in [0.25, 0.3) is 0 Å². The number of Topliss-reactive ketones (excluding diaryl/α,β-unsaturated/α-hetero) is 1. The van der Waals surface area contributed by atoms with E-state index in [9.17, 15) is 20.1 Å². The van der Waals surface area contributed by atoms with Crippen LogP contribution in [0.3, 0.4) is 0 Å². The minimum atomic E-state index is -1.38. The fourth-order valence-corrected chi connectivity index (χ4v) is 3.70. The Morgan fingerprint density at radius 2 is 1.18 bits per heavy atom. The minimum Gasteiger partial charge on any atom is -0.393 e. The third-order valence-electron chi connectivity index (χ3n) is 5.67. The largest absolute Gasteiger partial charge is 0.393 e. The van der Waals surface area contributed by atoms with Crippen LogP contribution in [0, 0.1) is 5.92 Å². The van der Waals surface area contributed by atoms with Crippen molar-refractivity contribution in [3.63, 3.8) is 0 Å². The van der Waals surface area contributed by atoms with Crippen LogP contribution in [0.15, 0.2) is 0 Å². The number of hydrogen-bond donors (Lipinski definition) is 4. The van der Waals surface area contributed by atoms with Gasteiger partial charge in [-0.2, -0.15) is 0 Å². The molecule has 0 saturated carbocycles. The Bertz CT molecular complexity index is 363. The molecule has 5 heteroatoms. The second-order valence-electron chi connectivity index (χ2n) is 8.35. The fourth-order valence-electron chi connectivity index (χ4n) is 3.70. The van der Waals surface area contributed by atoms with Crippen LogP contribution < -0.4 is 5.73 Å². The van der Waals surface area contributed by atoms with Gasteiger partial charge in [0.05, 0.1) is 18.1 Å². The number of unbranched alkanes of at least 4 members (excludes halogenated alkanes) is 12.